The van der Waals surface area contributed by atoms with Crippen LogP contribution in [0.4, 0.5) is 27.9 Å². The number of rotatable bonds is 9. The van der Waals surface area contributed by atoms with Gasteiger partial charge in [-0.15, -0.1) is 0 Å². The Morgan fingerprint density at radius 3 is 2.51 bits per heavy atom. The van der Waals surface area contributed by atoms with Crippen LogP contribution in [0.2, 0.25) is 0 Å². The molecule has 0 amide bonds. The number of para-hydroxylation sites is 1. The van der Waals surface area contributed by atoms with Gasteiger partial charge in [-0.3, -0.25) is 0 Å². The van der Waals surface area contributed by atoms with Gasteiger partial charge in [0.2, 0.25) is 17.8 Å². The van der Waals surface area contributed by atoms with Crippen molar-refractivity contribution >= 4 is 29.7 Å². The van der Waals surface area contributed by atoms with E-state index in [9.17, 15) is 4.39 Å². The Hall–Kier alpha value is -4.57. The third-order valence-corrected chi connectivity index (χ3v) is 5.50. The molecule has 4 aromatic rings. The van der Waals surface area contributed by atoms with E-state index in [2.05, 4.69) is 35.7 Å². The Morgan fingerprint density at radius 2 is 1.70 bits per heavy atom. The molecule has 3 aromatic carbocycles. The molecule has 0 radical (unpaired) electrons. The highest BCUT2D eigenvalue weighted by Gasteiger charge is 2.16. The lowest BCUT2D eigenvalue weighted by atomic mass is 10.2. The third kappa shape index (κ3) is 6.98. The van der Waals surface area contributed by atoms with Crippen molar-refractivity contribution in [2.75, 3.05) is 41.9 Å². The van der Waals surface area contributed by atoms with E-state index in [0.29, 0.717) is 56.5 Å². The fourth-order valence-corrected chi connectivity index (χ4v) is 3.62. The maximum absolute atomic E-state index is 13.1. The number of hydrogen-bond acceptors (Lipinski definition) is 9. The molecule has 5 rings (SSSR count). The predicted molar refractivity (Wildman–Crippen MR) is 141 cm³/mol. The van der Waals surface area contributed by atoms with Crippen molar-refractivity contribution in [1.82, 2.24) is 15.0 Å². The van der Waals surface area contributed by atoms with Gasteiger partial charge in [0.25, 0.3) is 0 Å². The van der Waals surface area contributed by atoms with Gasteiger partial charge in [-0.25, -0.2) is 9.82 Å². The van der Waals surface area contributed by atoms with Crippen LogP contribution in [0.5, 0.6) is 5.75 Å². The molecule has 1 fully saturated rings. The van der Waals surface area contributed by atoms with E-state index in [1.54, 1.807) is 18.3 Å². The quantitative estimate of drug-likeness (QED) is 0.255. The molecule has 2 heterocycles. The standard InChI is InChI=1S/C27H26FN7O2/c28-22-11-9-20(10-12-22)19-37-24-8-4-5-21(17-24)18-29-34-26-31-25(30-23-6-2-1-3-7-23)32-27(33-26)35-13-15-36-16-14-35/h1-12,17-18H,13-16,19H2,(H2,30,31,32,33,34)/b29-18+. The largest absolute Gasteiger partial charge is 0.489 e. The first kappa shape index (κ1) is 24.1. The summed E-state index contributed by atoms with van der Waals surface area (Å²) in [5.41, 5.74) is 5.49. The summed E-state index contributed by atoms with van der Waals surface area (Å²) in [4.78, 5) is 15.7. The molecule has 1 aromatic heterocycles. The van der Waals surface area contributed by atoms with Gasteiger partial charge >= 0.3 is 0 Å². The maximum Gasteiger partial charge on any atom is 0.250 e. The number of nitrogens with zero attached hydrogens (tertiary/aromatic N) is 5. The zero-order valence-electron chi connectivity index (χ0n) is 20.0. The number of hydrogen-bond donors (Lipinski definition) is 2. The summed E-state index contributed by atoms with van der Waals surface area (Å²) in [7, 11) is 0. The van der Waals surface area contributed by atoms with E-state index < -0.39 is 0 Å². The molecule has 188 valence electrons. The Labute approximate surface area is 214 Å². The summed E-state index contributed by atoms with van der Waals surface area (Å²) in [5, 5.41) is 7.54. The van der Waals surface area contributed by atoms with Gasteiger partial charge < -0.3 is 19.7 Å². The number of morpholine rings is 1. The van der Waals surface area contributed by atoms with Crippen LogP contribution in [-0.2, 0) is 11.3 Å². The normalized spacial score (nSPS) is 13.5. The highest BCUT2D eigenvalue weighted by atomic mass is 19.1. The second-order valence-electron chi connectivity index (χ2n) is 8.23. The van der Waals surface area contributed by atoms with Crippen molar-refractivity contribution < 1.29 is 13.9 Å². The summed E-state index contributed by atoms with van der Waals surface area (Å²) in [6.07, 6.45) is 1.66. The number of halogens is 1. The Morgan fingerprint density at radius 1 is 0.919 bits per heavy atom. The molecule has 0 spiro atoms. The number of benzene rings is 3. The number of anilines is 4. The molecule has 0 atom stereocenters. The minimum atomic E-state index is -0.271. The summed E-state index contributed by atoms with van der Waals surface area (Å²) in [6, 6.07) is 23.4. The lowest BCUT2D eigenvalue weighted by molar-refractivity contribution is 0.122. The van der Waals surface area contributed by atoms with Gasteiger partial charge in [-0.2, -0.15) is 20.1 Å². The smallest absolute Gasteiger partial charge is 0.250 e. The van der Waals surface area contributed by atoms with Crippen molar-refractivity contribution in [1.29, 1.82) is 0 Å². The third-order valence-electron chi connectivity index (χ3n) is 5.50. The first-order valence-electron chi connectivity index (χ1n) is 11.9. The Bertz CT molecular complexity index is 1330. The fourth-order valence-electron chi connectivity index (χ4n) is 3.62. The minimum absolute atomic E-state index is 0.271. The average molecular weight is 500 g/mol. The highest BCUT2D eigenvalue weighted by molar-refractivity contribution is 5.80. The Kier molecular flexibility index (Phi) is 7.77. The van der Waals surface area contributed by atoms with Crippen LogP contribution in [0.15, 0.2) is 84.0 Å². The molecule has 0 saturated carbocycles. The zero-order valence-corrected chi connectivity index (χ0v) is 20.0. The zero-order chi connectivity index (χ0) is 25.3. The van der Waals surface area contributed by atoms with E-state index in [1.165, 1.54) is 12.1 Å². The van der Waals surface area contributed by atoms with Crippen LogP contribution in [0.3, 0.4) is 0 Å². The fraction of sp³-hybridized carbons (Fsp3) is 0.185. The minimum Gasteiger partial charge on any atom is -0.489 e. The molecule has 1 saturated heterocycles. The SMILES string of the molecule is Fc1ccc(COc2cccc(/C=N/Nc3nc(Nc4ccccc4)nc(N4CCOCC4)n3)c2)cc1. The Balaban J connectivity index is 1.27. The number of hydrazone groups is 1. The van der Waals surface area contributed by atoms with Crippen LogP contribution in [0.25, 0.3) is 0 Å². The lowest BCUT2D eigenvalue weighted by Gasteiger charge is -2.27. The molecule has 1 aliphatic rings. The first-order chi connectivity index (χ1) is 18.2. The first-order valence-corrected chi connectivity index (χ1v) is 11.9. The number of nitrogens with one attached hydrogen (secondary N) is 2. The summed E-state index contributed by atoms with van der Waals surface area (Å²) >= 11 is 0. The lowest BCUT2D eigenvalue weighted by Crippen LogP contribution is -2.37. The second kappa shape index (κ2) is 11.9. The maximum atomic E-state index is 13.1. The second-order valence-corrected chi connectivity index (χ2v) is 8.23. The van der Waals surface area contributed by atoms with E-state index in [4.69, 9.17) is 9.47 Å². The van der Waals surface area contributed by atoms with Crippen molar-refractivity contribution in [3.63, 3.8) is 0 Å². The molecule has 0 aliphatic carbocycles. The van der Waals surface area contributed by atoms with Crippen LogP contribution < -0.4 is 20.4 Å². The molecule has 2 N–H and O–H groups in total. The number of ether oxygens (including phenoxy) is 2. The van der Waals surface area contributed by atoms with Crippen molar-refractivity contribution in [2.24, 2.45) is 5.10 Å². The van der Waals surface area contributed by atoms with Crippen LogP contribution in [0.1, 0.15) is 11.1 Å². The summed E-state index contributed by atoms with van der Waals surface area (Å²) in [6.45, 7) is 2.97. The average Bonchev–Trinajstić information content (AvgIpc) is 2.94. The van der Waals surface area contributed by atoms with Crippen LogP contribution >= 0.6 is 0 Å². The molecular formula is C27H26FN7O2. The van der Waals surface area contributed by atoms with Gasteiger partial charge in [0.1, 0.15) is 18.2 Å². The molecule has 0 unspecified atom stereocenters. The molecule has 9 nitrogen and oxygen atoms in total. The van der Waals surface area contributed by atoms with Crippen molar-refractivity contribution in [3.8, 4) is 5.75 Å². The monoisotopic (exact) mass is 499 g/mol. The molecule has 10 heteroatoms. The summed E-state index contributed by atoms with van der Waals surface area (Å²) < 4.78 is 24.4. The van der Waals surface area contributed by atoms with Gasteiger partial charge in [0.05, 0.1) is 19.4 Å². The van der Waals surface area contributed by atoms with Gasteiger partial charge in [-0.05, 0) is 47.5 Å². The molecular weight excluding hydrogens is 473 g/mol. The van der Waals surface area contributed by atoms with Crippen molar-refractivity contribution in [3.05, 3.63) is 95.8 Å². The van der Waals surface area contributed by atoms with Gasteiger partial charge in [-0.1, -0.05) is 42.5 Å². The van der Waals surface area contributed by atoms with Gasteiger partial charge in [0.15, 0.2) is 0 Å². The molecule has 1 aliphatic heterocycles. The van der Waals surface area contributed by atoms with Gasteiger partial charge in [0, 0.05) is 18.8 Å². The topological polar surface area (TPSA) is 96.8 Å². The van der Waals surface area contributed by atoms with Crippen LogP contribution in [0, 0.1) is 5.82 Å². The van der Waals surface area contributed by atoms with E-state index >= 15 is 0 Å². The van der Waals surface area contributed by atoms with Crippen LogP contribution in [-0.4, -0.2) is 47.5 Å². The van der Waals surface area contributed by atoms with E-state index in [-0.39, 0.29) is 5.82 Å². The predicted octanol–water partition coefficient (Wildman–Crippen LogP) is 4.62. The highest BCUT2D eigenvalue weighted by Crippen LogP contribution is 2.19. The summed E-state index contributed by atoms with van der Waals surface area (Å²) in [5.74, 6) is 1.68. The van der Waals surface area contributed by atoms with Crippen molar-refractivity contribution in [2.45, 2.75) is 6.61 Å². The molecule has 37 heavy (non-hydrogen) atoms. The van der Waals surface area contributed by atoms with E-state index in [1.807, 2.05) is 54.6 Å². The number of aromatic nitrogens is 3. The van der Waals surface area contributed by atoms with E-state index in [0.717, 1.165) is 16.8 Å². The molecule has 0 bridgehead atoms.